The number of nitrogens with one attached hydrogen (secondary N) is 1. The van der Waals surface area contributed by atoms with E-state index in [9.17, 15) is 13.2 Å². The van der Waals surface area contributed by atoms with E-state index in [1.165, 1.54) is 41.6 Å². The Morgan fingerprint density at radius 3 is 2.68 bits per heavy atom. The predicted molar refractivity (Wildman–Crippen MR) is 93.9 cm³/mol. The smallest absolute Gasteiger partial charge is 0.255 e. The summed E-state index contributed by atoms with van der Waals surface area (Å²) in [6, 6.07) is 10.7. The molecule has 0 fully saturated rings. The van der Waals surface area contributed by atoms with Crippen molar-refractivity contribution in [2.75, 3.05) is 11.6 Å². The molecule has 25 heavy (non-hydrogen) atoms. The molecule has 0 unspecified atom stereocenters. The van der Waals surface area contributed by atoms with Gasteiger partial charge in [-0.05, 0) is 36.4 Å². The summed E-state index contributed by atoms with van der Waals surface area (Å²) in [7, 11) is -3.41. The fourth-order valence-electron chi connectivity index (χ4n) is 2.20. The third-order valence-corrected chi connectivity index (χ3v) is 4.74. The summed E-state index contributed by atoms with van der Waals surface area (Å²) < 4.78 is 24.8. The van der Waals surface area contributed by atoms with Crippen LogP contribution in [0.3, 0.4) is 0 Å². The van der Waals surface area contributed by atoms with Gasteiger partial charge in [-0.25, -0.2) is 18.1 Å². The molecule has 1 aromatic heterocycles. The van der Waals surface area contributed by atoms with Gasteiger partial charge in [0.25, 0.3) is 5.91 Å². The Balaban J connectivity index is 1.96. The molecule has 9 heteroatoms. The number of hydrogen-bond acceptors (Lipinski definition) is 5. The first kappa shape index (κ1) is 17.1. The quantitative estimate of drug-likeness (QED) is 0.755. The molecule has 0 radical (unpaired) electrons. The second kappa shape index (κ2) is 6.66. The summed E-state index contributed by atoms with van der Waals surface area (Å²) in [5.74, 6) is -0.464. The first-order chi connectivity index (χ1) is 11.8. The van der Waals surface area contributed by atoms with Gasteiger partial charge < -0.3 is 5.32 Å². The van der Waals surface area contributed by atoms with Crippen molar-refractivity contribution in [3.63, 3.8) is 0 Å². The van der Waals surface area contributed by atoms with Crippen molar-refractivity contribution in [3.8, 4) is 5.69 Å². The number of carbonyl (C=O) groups excluding carboxylic acids is 1. The highest BCUT2D eigenvalue weighted by molar-refractivity contribution is 7.90. The Morgan fingerprint density at radius 1 is 1.20 bits per heavy atom. The van der Waals surface area contributed by atoms with Gasteiger partial charge in [-0.1, -0.05) is 17.7 Å². The molecule has 1 N–H and O–H groups in total. The van der Waals surface area contributed by atoms with Crippen molar-refractivity contribution in [3.05, 3.63) is 65.7 Å². The molecule has 3 rings (SSSR count). The molecule has 0 spiro atoms. The van der Waals surface area contributed by atoms with Gasteiger partial charge in [0.05, 0.1) is 16.3 Å². The van der Waals surface area contributed by atoms with Crippen LogP contribution in [0.15, 0.2) is 60.0 Å². The number of sulfone groups is 1. The van der Waals surface area contributed by atoms with E-state index in [4.69, 9.17) is 11.6 Å². The summed E-state index contributed by atoms with van der Waals surface area (Å²) in [4.78, 5) is 16.5. The third-order valence-electron chi connectivity index (χ3n) is 3.40. The molecule has 7 nitrogen and oxygen atoms in total. The van der Waals surface area contributed by atoms with Gasteiger partial charge in [0.15, 0.2) is 9.84 Å². The molecular weight excluding hydrogens is 364 g/mol. The van der Waals surface area contributed by atoms with Crippen molar-refractivity contribution in [1.29, 1.82) is 0 Å². The molecule has 0 aliphatic rings. The van der Waals surface area contributed by atoms with Crippen molar-refractivity contribution >= 4 is 33.0 Å². The molecule has 0 saturated carbocycles. The minimum atomic E-state index is -3.41. The molecule has 0 atom stereocenters. The first-order valence-corrected chi connectivity index (χ1v) is 9.37. The van der Waals surface area contributed by atoms with Crippen LogP contribution >= 0.6 is 11.6 Å². The van der Waals surface area contributed by atoms with E-state index >= 15 is 0 Å². The average Bonchev–Trinajstić information content (AvgIpc) is 3.08. The minimum Gasteiger partial charge on any atom is -0.320 e. The normalized spacial score (nSPS) is 11.3. The van der Waals surface area contributed by atoms with Crippen molar-refractivity contribution in [1.82, 2.24) is 14.8 Å². The van der Waals surface area contributed by atoms with Crippen molar-refractivity contribution in [2.24, 2.45) is 0 Å². The van der Waals surface area contributed by atoms with E-state index in [1.807, 2.05) is 0 Å². The number of hydrogen-bond donors (Lipinski definition) is 1. The lowest BCUT2D eigenvalue weighted by Gasteiger charge is -2.12. The highest BCUT2D eigenvalue weighted by Gasteiger charge is 2.14. The fraction of sp³-hybridized carbons (Fsp3) is 0.0625. The minimum absolute atomic E-state index is 0.0720. The Bertz CT molecular complexity index is 1030. The lowest BCUT2D eigenvalue weighted by molar-refractivity contribution is 0.102. The summed E-state index contributed by atoms with van der Waals surface area (Å²) in [5.41, 5.74) is 1.22. The van der Waals surface area contributed by atoms with E-state index in [-0.39, 0.29) is 10.5 Å². The van der Waals surface area contributed by atoms with Crippen LogP contribution in [0.2, 0.25) is 5.02 Å². The fourth-order valence-corrected chi connectivity index (χ4v) is 3.04. The molecule has 2 aromatic carbocycles. The van der Waals surface area contributed by atoms with E-state index < -0.39 is 15.7 Å². The predicted octanol–water partition coefficient (Wildman–Crippen LogP) is 2.58. The largest absolute Gasteiger partial charge is 0.320 e. The maximum Gasteiger partial charge on any atom is 0.255 e. The van der Waals surface area contributed by atoms with Gasteiger partial charge in [0.1, 0.15) is 12.7 Å². The lowest BCUT2D eigenvalue weighted by Crippen LogP contribution is -2.14. The van der Waals surface area contributed by atoms with E-state index in [0.717, 1.165) is 6.26 Å². The van der Waals surface area contributed by atoms with Crippen LogP contribution in [-0.4, -0.2) is 35.3 Å². The van der Waals surface area contributed by atoms with Crippen LogP contribution in [0.25, 0.3) is 5.69 Å². The van der Waals surface area contributed by atoms with Gasteiger partial charge in [0.2, 0.25) is 0 Å². The summed E-state index contributed by atoms with van der Waals surface area (Å²) in [6.45, 7) is 0. The van der Waals surface area contributed by atoms with Crippen molar-refractivity contribution < 1.29 is 13.2 Å². The Kier molecular flexibility index (Phi) is 4.56. The van der Waals surface area contributed by atoms with Crippen LogP contribution in [0.1, 0.15) is 10.4 Å². The average molecular weight is 377 g/mol. The molecule has 0 bridgehead atoms. The SMILES string of the molecule is CS(=O)(=O)c1cccc(C(=O)Nc2cc(Cl)ccc2-n2cncn2)c1. The van der Waals surface area contributed by atoms with E-state index in [0.29, 0.717) is 16.4 Å². The standard InChI is InChI=1S/C16H13ClN4O3S/c1-25(23,24)13-4-2-3-11(7-13)16(22)20-14-8-12(17)5-6-15(14)21-10-18-9-19-21/h2-10H,1H3,(H,20,22). The highest BCUT2D eigenvalue weighted by atomic mass is 35.5. The number of anilines is 1. The zero-order valence-corrected chi connectivity index (χ0v) is 14.6. The van der Waals surface area contributed by atoms with Crippen LogP contribution < -0.4 is 5.32 Å². The number of nitrogens with zero attached hydrogens (tertiary/aromatic N) is 3. The van der Waals surface area contributed by atoms with E-state index in [2.05, 4.69) is 15.4 Å². The number of amides is 1. The molecule has 3 aromatic rings. The van der Waals surface area contributed by atoms with Crippen LogP contribution in [-0.2, 0) is 9.84 Å². The Hall–Kier alpha value is -2.71. The molecular formula is C16H13ClN4O3S. The molecule has 0 aliphatic carbocycles. The topological polar surface area (TPSA) is 94.0 Å². The molecule has 0 saturated heterocycles. The number of carbonyl (C=O) groups is 1. The summed E-state index contributed by atoms with van der Waals surface area (Å²) in [6.07, 6.45) is 3.95. The summed E-state index contributed by atoms with van der Waals surface area (Å²) in [5, 5.41) is 7.20. The van der Waals surface area contributed by atoms with Crippen LogP contribution in [0, 0.1) is 0 Å². The zero-order chi connectivity index (χ0) is 18.0. The monoisotopic (exact) mass is 376 g/mol. The zero-order valence-electron chi connectivity index (χ0n) is 13.0. The van der Waals surface area contributed by atoms with Crippen LogP contribution in [0.5, 0.6) is 0 Å². The maximum atomic E-state index is 12.5. The second-order valence-electron chi connectivity index (χ2n) is 5.26. The van der Waals surface area contributed by atoms with Gasteiger partial charge >= 0.3 is 0 Å². The molecule has 128 valence electrons. The first-order valence-electron chi connectivity index (χ1n) is 7.10. The van der Waals surface area contributed by atoms with Gasteiger partial charge in [-0.15, -0.1) is 0 Å². The van der Waals surface area contributed by atoms with Gasteiger partial charge in [-0.3, -0.25) is 4.79 Å². The highest BCUT2D eigenvalue weighted by Crippen LogP contribution is 2.24. The Morgan fingerprint density at radius 2 is 2.00 bits per heavy atom. The van der Waals surface area contributed by atoms with Gasteiger partial charge in [-0.2, -0.15) is 5.10 Å². The number of benzene rings is 2. The van der Waals surface area contributed by atoms with E-state index in [1.54, 1.807) is 18.2 Å². The second-order valence-corrected chi connectivity index (χ2v) is 7.71. The maximum absolute atomic E-state index is 12.5. The van der Waals surface area contributed by atoms with Crippen LogP contribution in [0.4, 0.5) is 5.69 Å². The number of aromatic nitrogens is 3. The Labute approximate surface area is 149 Å². The number of rotatable bonds is 4. The molecule has 1 amide bonds. The van der Waals surface area contributed by atoms with Crippen molar-refractivity contribution in [2.45, 2.75) is 4.90 Å². The van der Waals surface area contributed by atoms with Gasteiger partial charge in [0, 0.05) is 16.8 Å². The lowest BCUT2D eigenvalue weighted by atomic mass is 10.2. The number of halogens is 1. The molecule has 1 heterocycles. The molecule has 0 aliphatic heterocycles. The third kappa shape index (κ3) is 3.86. The summed E-state index contributed by atoms with van der Waals surface area (Å²) >= 11 is 6.02.